The molecule has 4 rings (SSSR count). The Morgan fingerprint density at radius 3 is 1.25 bits per heavy atom. The molecule has 4 aromatic rings. The first kappa shape index (κ1) is 37.6. The molecule has 0 spiro atoms. The molecule has 0 aliphatic heterocycles. The Kier molecular flexibility index (Phi) is 11.0. The van der Waals surface area contributed by atoms with Gasteiger partial charge in [-0.2, -0.15) is 26.3 Å². The van der Waals surface area contributed by atoms with Crippen LogP contribution in [0.2, 0.25) is 20.1 Å². The third-order valence-corrected chi connectivity index (χ3v) is 10.4. The Morgan fingerprint density at radius 1 is 0.562 bits per heavy atom. The summed E-state index contributed by atoms with van der Waals surface area (Å²) in [6, 6.07) is 9.97. The van der Waals surface area contributed by atoms with Crippen LogP contribution in [0.15, 0.2) is 82.6 Å². The molecule has 0 amide bonds. The van der Waals surface area contributed by atoms with Crippen molar-refractivity contribution in [1.82, 2.24) is 0 Å². The van der Waals surface area contributed by atoms with E-state index in [4.69, 9.17) is 55.5 Å². The molecule has 0 unspecified atom stereocenters. The van der Waals surface area contributed by atoms with Gasteiger partial charge in [-0.1, -0.05) is 46.4 Å². The number of rotatable bonds is 10. The van der Waals surface area contributed by atoms with Crippen molar-refractivity contribution in [3.63, 3.8) is 0 Å². The van der Waals surface area contributed by atoms with Gasteiger partial charge in [-0.15, -0.1) is 0 Å². The van der Waals surface area contributed by atoms with Crippen molar-refractivity contribution in [3.05, 3.63) is 104 Å². The molecule has 0 fully saturated rings. The molecule has 9 nitrogen and oxygen atoms in total. The Morgan fingerprint density at radius 2 is 0.917 bits per heavy atom. The van der Waals surface area contributed by atoms with Gasteiger partial charge in [0, 0.05) is 14.6 Å². The molecule has 48 heavy (non-hydrogen) atoms. The van der Waals surface area contributed by atoms with E-state index < -0.39 is 94.5 Å². The minimum Gasteiger partial charge on any atom is -0.276 e. The monoisotopic (exact) mass is 815 g/mol. The molecule has 0 aliphatic carbocycles. The summed E-state index contributed by atoms with van der Waals surface area (Å²) in [5.41, 5.74) is -3.87. The lowest BCUT2D eigenvalue weighted by Crippen LogP contribution is -2.16. The van der Waals surface area contributed by atoms with Crippen LogP contribution in [0.5, 0.6) is 11.5 Å². The van der Waals surface area contributed by atoms with Crippen LogP contribution >= 0.6 is 54.7 Å². The van der Waals surface area contributed by atoms with Crippen molar-refractivity contribution < 1.29 is 56.8 Å². The Labute approximate surface area is 288 Å². The van der Waals surface area contributed by atoms with Crippen LogP contribution in [-0.4, -0.2) is 16.8 Å². The van der Waals surface area contributed by atoms with Crippen LogP contribution in [-0.2, 0) is 37.0 Å². The number of alkyl halides is 6. The molecule has 2 N–H and O–H groups in total. The number of hydrogen-bond acceptors (Lipinski definition) is 7. The molecule has 0 heterocycles. The largest absolute Gasteiger partial charge is 0.805 e. The van der Waals surface area contributed by atoms with Crippen LogP contribution in [0, 0.1) is 0 Å². The van der Waals surface area contributed by atoms with Crippen molar-refractivity contribution in [2.75, 3.05) is 9.44 Å². The average Bonchev–Trinajstić information content (AvgIpc) is 2.94. The zero-order valence-electron chi connectivity index (χ0n) is 22.8. The van der Waals surface area contributed by atoms with E-state index in [-0.39, 0.29) is 22.2 Å². The van der Waals surface area contributed by atoms with E-state index in [2.05, 4.69) is 0 Å². The molecule has 0 saturated heterocycles. The number of nitrogens with one attached hydrogen (secondary N) is 2. The minimum absolute atomic E-state index is 0.0893. The highest BCUT2D eigenvalue weighted by Gasteiger charge is 2.36. The second kappa shape index (κ2) is 14.0. The summed E-state index contributed by atoms with van der Waals surface area (Å²) < 4.78 is 159. The summed E-state index contributed by atoms with van der Waals surface area (Å²) >= 11 is 23.0. The molecule has 0 atom stereocenters. The van der Waals surface area contributed by atoms with Crippen LogP contribution < -0.4 is 18.5 Å². The van der Waals surface area contributed by atoms with Gasteiger partial charge in [-0.25, -0.2) is 25.9 Å². The SMILES string of the molecule is O=[P+](Oc1ccc(Cl)cc1NS(=O)(=O)c1ccc(Cl)c(C(F)(F)F)c1)Oc1ccc(Cl)cc1NS(=O)(=O)c1ccc(Cl)c(C(F)(F)F)c1. The molecule has 0 radical (unpaired) electrons. The summed E-state index contributed by atoms with van der Waals surface area (Å²) in [7, 11) is -12.9. The number of anilines is 2. The maximum Gasteiger partial charge on any atom is 0.805 e. The quantitative estimate of drug-likeness (QED) is 0.120. The van der Waals surface area contributed by atoms with E-state index in [9.17, 15) is 47.7 Å². The van der Waals surface area contributed by atoms with Crippen LogP contribution in [0.1, 0.15) is 11.1 Å². The molecule has 4 aromatic carbocycles. The van der Waals surface area contributed by atoms with E-state index in [1.54, 1.807) is 0 Å². The van der Waals surface area contributed by atoms with Gasteiger partial charge < -0.3 is 0 Å². The summed E-state index contributed by atoms with van der Waals surface area (Å²) in [4.78, 5) is -1.71. The highest BCUT2D eigenvalue weighted by atomic mass is 35.5. The van der Waals surface area contributed by atoms with Gasteiger partial charge in [0.05, 0.1) is 42.3 Å². The summed E-state index contributed by atoms with van der Waals surface area (Å²) in [6.07, 6.45) is -9.98. The highest BCUT2D eigenvalue weighted by Crippen LogP contribution is 2.42. The number of hydrogen-bond donors (Lipinski definition) is 2. The van der Waals surface area contributed by atoms with Gasteiger partial charge in [0.1, 0.15) is 0 Å². The molecule has 0 aliphatic rings. The van der Waals surface area contributed by atoms with Crippen LogP contribution in [0.4, 0.5) is 37.7 Å². The normalized spacial score (nSPS) is 12.4. The maximum absolute atomic E-state index is 13.3. The molecule has 0 aromatic heterocycles. The second-order valence-electron chi connectivity index (χ2n) is 9.18. The van der Waals surface area contributed by atoms with Crippen molar-refractivity contribution in [2.45, 2.75) is 22.1 Å². The lowest BCUT2D eigenvalue weighted by atomic mass is 10.2. The van der Waals surface area contributed by atoms with Crippen LogP contribution in [0.3, 0.4) is 0 Å². The molecule has 0 bridgehead atoms. The lowest BCUT2D eigenvalue weighted by molar-refractivity contribution is -0.138. The maximum atomic E-state index is 13.3. The summed E-state index contributed by atoms with van der Waals surface area (Å²) in [5, 5.41) is -1.70. The van der Waals surface area contributed by atoms with E-state index in [1.165, 1.54) is 12.1 Å². The third kappa shape index (κ3) is 9.08. The number of halogens is 10. The van der Waals surface area contributed by atoms with Crippen molar-refractivity contribution in [3.8, 4) is 11.5 Å². The first-order valence-corrected chi connectivity index (χ1v) is 17.9. The Bertz CT molecular complexity index is 1990. The van der Waals surface area contributed by atoms with E-state index in [0.717, 1.165) is 48.5 Å². The fraction of sp³-hybridized carbons (Fsp3) is 0.0769. The smallest absolute Gasteiger partial charge is 0.276 e. The average molecular weight is 817 g/mol. The zero-order chi connectivity index (χ0) is 35.8. The van der Waals surface area contributed by atoms with Gasteiger partial charge in [0.2, 0.25) is 11.5 Å². The lowest BCUT2D eigenvalue weighted by Gasteiger charge is -2.14. The zero-order valence-corrected chi connectivity index (χ0v) is 28.4. The Hall–Kier alpha value is -3.18. The first-order valence-electron chi connectivity index (χ1n) is 12.3. The molecule has 256 valence electrons. The van der Waals surface area contributed by atoms with E-state index >= 15 is 0 Å². The predicted octanol–water partition coefficient (Wildman–Crippen LogP) is 10.1. The summed E-state index contributed by atoms with van der Waals surface area (Å²) in [6.45, 7) is 0. The molecule has 0 saturated carbocycles. The predicted molar refractivity (Wildman–Crippen MR) is 166 cm³/mol. The number of sulfonamides is 2. The topological polar surface area (TPSA) is 128 Å². The van der Waals surface area contributed by atoms with Gasteiger partial charge >= 0.3 is 20.6 Å². The van der Waals surface area contributed by atoms with Gasteiger partial charge in [-0.3, -0.25) is 9.44 Å². The van der Waals surface area contributed by atoms with E-state index in [1.807, 2.05) is 9.44 Å². The molecular weight excluding hydrogens is 803 g/mol. The highest BCUT2D eigenvalue weighted by molar-refractivity contribution is 7.93. The van der Waals surface area contributed by atoms with Crippen molar-refractivity contribution in [1.29, 1.82) is 0 Å². The van der Waals surface area contributed by atoms with E-state index in [0.29, 0.717) is 0 Å². The molecule has 22 heteroatoms. The van der Waals surface area contributed by atoms with Crippen molar-refractivity contribution in [2.24, 2.45) is 0 Å². The van der Waals surface area contributed by atoms with Crippen LogP contribution in [0.25, 0.3) is 0 Å². The third-order valence-electron chi connectivity index (χ3n) is 5.82. The summed E-state index contributed by atoms with van der Waals surface area (Å²) in [5.74, 6) is -1.02. The van der Waals surface area contributed by atoms with Crippen molar-refractivity contribution >= 4 is 86.1 Å². The standard InChI is InChI=1S/C26H14Cl4F6N2O7PS2/c27-13-1-7-23(21(9-13)37-47(40,41)15-3-5-19(29)17(11-15)25(31,32)33)44-46(39)45-24-8-2-14(28)10-22(24)38-48(42,43)16-4-6-20(30)18(12-16)26(34,35)36/h1-12,37-38H/q+1. The Balaban J connectivity index is 1.60. The molecular formula is C26H14Cl4F6N2O7PS2+. The van der Waals surface area contributed by atoms with Gasteiger partial charge in [0.25, 0.3) is 20.0 Å². The number of benzene rings is 4. The fourth-order valence-electron chi connectivity index (χ4n) is 3.69. The van der Waals surface area contributed by atoms with Gasteiger partial charge in [0.15, 0.2) is 0 Å². The first-order chi connectivity index (χ1) is 22.1. The van der Waals surface area contributed by atoms with Gasteiger partial charge in [-0.05, 0) is 72.8 Å². The second-order valence-corrected chi connectivity index (χ2v) is 15.0. The minimum atomic E-state index is -4.99. The fourth-order valence-corrected chi connectivity index (χ4v) is 7.33.